The Morgan fingerprint density at radius 1 is 1.85 bits per heavy atom. The van der Waals surface area contributed by atoms with E-state index < -0.39 is 0 Å². The standard InChI is InChI=1S/C9H13BFO2/c1-2-13-9(12)7-3-5-8(10-11)6-4-7/h5,7H,2-4,6H2,1H3. The van der Waals surface area contributed by atoms with E-state index >= 15 is 0 Å². The lowest BCUT2D eigenvalue weighted by Crippen LogP contribution is -2.20. The van der Waals surface area contributed by atoms with Crippen molar-refractivity contribution in [1.82, 2.24) is 0 Å². The molecule has 1 unspecified atom stereocenters. The van der Waals surface area contributed by atoms with Gasteiger partial charge in [0.1, 0.15) is 0 Å². The average molecular weight is 183 g/mol. The number of ether oxygens (including phenoxy) is 1. The number of halogens is 1. The van der Waals surface area contributed by atoms with Crippen LogP contribution in [0.15, 0.2) is 11.5 Å². The second kappa shape index (κ2) is 5.05. The lowest BCUT2D eigenvalue weighted by molar-refractivity contribution is -0.148. The summed E-state index contributed by atoms with van der Waals surface area (Å²) in [6.07, 6.45) is 3.71. The molecule has 1 atom stereocenters. The smallest absolute Gasteiger partial charge is 0.387 e. The van der Waals surface area contributed by atoms with Crippen LogP contribution in [0.5, 0.6) is 0 Å². The van der Waals surface area contributed by atoms with E-state index in [1.165, 1.54) is 0 Å². The molecule has 1 aliphatic carbocycles. The Morgan fingerprint density at radius 3 is 3.08 bits per heavy atom. The van der Waals surface area contributed by atoms with Crippen molar-refractivity contribution in [3.63, 3.8) is 0 Å². The fraction of sp³-hybridized carbons (Fsp3) is 0.667. The maximum atomic E-state index is 12.0. The molecular formula is C9H13BFO2. The highest BCUT2D eigenvalue weighted by atomic mass is 19.1. The lowest BCUT2D eigenvalue weighted by atomic mass is 9.78. The summed E-state index contributed by atoms with van der Waals surface area (Å²) in [5, 5.41) is 0. The van der Waals surface area contributed by atoms with Gasteiger partial charge in [0.25, 0.3) is 0 Å². The van der Waals surface area contributed by atoms with Crippen LogP contribution in [0, 0.1) is 5.92 Å². The van der Waals surface area contributed by atoms with Gasteiger partial charge in [-0.15, -0.1) is 0 Å². The van der Waals surface area contributed by atoms with Gasteiger partial charge in [-0.1, -0.05) is 11.5 Å². The van der Waals surface area contributed by atoms with E-state index in [0.717, 1.165) is 0 Å². The maximum Gasteiger partial charge on any atom is 0.387 e. The fourth-order valence-electron chi connectivity index (χ4n) is 1.43. The van der Waals surface area contributed by atoms with Crippen molar-refractivity contribution >= 4 is 13.5 Å². The molecule has 4 heteroatoms. The van der Waals surface area contributed by atoms with Gasteiger partial charge in [0.2, 0.25) is 0 Å². The van der Waals surface area contributed by atoms with E-state index in [0.29, 0.717) is 38.9 Å². The number of rotatable bonds is 3. The minimum atomic E-state index is -0.156. The minimum Gasteiger partial charge on any atom is -0.466 e. The predicted molar refractivity (Wildman–Crippen MR) is 48.9 cm³/mol. The number of carbonyl (C=O) groups excluding carboxylic acids is 1. The highest BCUT2D eigenvalue weighted by molar-refractivity contribution is 6.37. The number of esters is 1. The van der Waals surface area contributed by atoms with E-state index in [-0.39, 0.29) is 11.9 Å². The van der Waals surface area contributed by atoms with Crippen LogP contribution >= 0.6 is 0 Å². The van der Waals surface area contributed by atoms with Crippen molar-refractivity contribution in [2.45, 2.75) is 26.2 Å². The molecule has 0 bridgehead atoms. The largest absolute Gasteiger partial charge is 0.466 e. The van der Waals surface area contributed by atoms with Gasteiger partial charge in [-0.2, -0.15) is 0 Å². The third-order valence-electron chi connectivity index (χ3n) is 2.21. The molecule has 0 aromatic carbocycles. The highest BCUT2D eigenvalue weighted by Crippen LogP contribution is 2.23. The molecule has 0 spiro atoms. The first-order valence-corrected chi connectivity index (χ1v) is 4.57. The van der Waals surface area contributed by atoms with E-state index in [4.69, 9.17) is 4.74 Å². The summed E-state index contributed by atoms with van der Waals surface area (Å²) in [5.41, 5.74) is 0.695. The van der Waals surface area contributed by atoms with E-state index in [1.807, 2.05) is 0 Å². The average Bonchev–Trinajstić information content (AvgIpc) is 2.18. The topological polar surface area (TPSA) is 26.3 Å². The second-order valence-corrected chi connectivity index (χ2v) is 3.11. The molecule has 0 N–H and O–H groups in total. The fourth-order valence-corrected chi connectivity index (χ4v) is 1.43. The van der Waals surface area contributed by atoms with Crippen LogP contribution in [0.4, 0.5) is 4.32 Å². The first-order valence-electron chi connectivity index (χ1n) is 4.57. The molecule has 1 rings (SSSR count). The maximum absolute atomic E-state index is 12.0. The summed E-state index contributed by atoms with van der Waals surface area (Å²) in [6.45, 7) is 2.21. The normalized spacial score (nSPS) is 22.0. The van der Waals surface area contributed by atoms with Crippen LogP contribution in [-0.2, 0) is 9.53 Å². The Labute approximate surface area is 78.4 Å². The summed E-state index contributed by atoms with van der Waals surface area (Å²) in [5.74, 6) is -0.222. The molecule has 0 aliphatic heterocycles. The monoisotopic (exact) mass is 183 g/mol. The summed E-state index contributed by atoms with van der Waals surface area (Å²) in [7, 11) is 0.612. The molecule has 13 heavy (non-hydrogen) atoms. The Balaban J connectivity index is 2.40. The number of hydrogen-bond donors (Lipinski definition) is 0. The predicted octanol–water partition coefficient (Wildman–Crippen LogP) is 1.82. The quantitative estimate of drug-likeness (QED) is 0.492. The lowest BCUT2D eigenvalue weighted by Gasteiger charge is -2.18. The third kappa shape index (κ3) is 2.86. The molecule has 0 saturated carbocycles. The van der Waals surface area contributed by atoms with Crippen molar-refractivity contribution in [1.29, 1.82) is 0 Å². The molecular weight excluding hydrogens is 170 g/mol. The van der Waals surface area contributed by atoms with Gasteiger partial charge in [-0.3, -0.25) is 4.79 Å². The van der Waals surface area contributed by atoms with Gasteiger partial charge in [-0.25, -0.2) is 0 Å². The molecule has 0 heterocycles. The van der Waals surface area contributed by atoms with E-state index in [9.17, 15) is 9.11 Å². The van der Waals surface area contributed by atoms with Gasteiger partial charge in [0.15, 0.2) is 0 Å². The zero-order valence-corrected chi connectivity index (χ0v) is 7.75. The van der Waals surface area contributed by atoms with Gasteiger partial charge in [-0.05, 0) is 26.2 Å². The zero-order valence-electron chi connectivity index (χ0n) is 7.75. The van der Waals surface area contributed by atoms with Crippen LogP contribution < -0.4 is 0 Å². The SMILES string of the molecule is CCOC(=O)C1CC=C([B]F)CC1. The van der Waals surface area contributed by atoms with Gasteiger partial charge in [0.05, 0.1) is 12.5 Å². The molecule has 1 aliphatic rings. The molecule has 71 valence electrons. The van der Waals surface area contributed by atoms with Gasteiger partial charge < -0.3 is 9.05 Å². The minimum absolute atomic E-state index is 0.0661. The van der Waals surface area contributed by atoms with Crippen LogP contribution in [0.25, 0.3) is 0 Å². The summed E-state index contributed by atoms with van der Waals surface area (Å²) in [6, 6.07) is 0. The van der Waals surface area contributed by atoms with Crippen molar-refractivity contribution in [2.24, 2.45) is 5.92 Å². The molecule has 0 fully saturated rings. The van der Waals surface area contributed by atoms with Gasteiger partial charge in [0, 0.05) is 0 Å². The molecule has 1 radical (unpaired) electrons. The summed E-state index contributed by atoms with van der Waals surface area (Å²) < 4.78 is 16.9. The first kappa shape index (κ1) is 10.3. The van der Waals surface area contributed by atoms with Gasteiger partial charge >= 0.3 is 13.5 Å². The van der Waals surface area contributed by atoms with Crippen LogP contribution in [0.3, 0.4) is 0 Å². The molecule has 2 nitrogen and oxygen atoms in total. The Bertz CT molecular complexity index is 216. The number of hydrogen-bond acceptors (Lipinski definition) is 2. The number of allylic oxidation sites excluding steroid dienone is 2. The highest BCUT2D eigenvalue weighted by Gasteiger charge is 2.22. The first-order chi connectivity index (χ1) is 6.27. The van der Waals surface area contributed by atoms with Crippen molar-refractivity contribution in [2.75, 3.05) is 6.61 Å². The Kier molecular flexibility index (Phi) is 3.99. The van der Waals surface area contributed by atoms with Crippen LogP contribution in [-0.4, -0.2) is 20.1 Å². The van der Waals surface area contributed by atoms with Crippen LogP contribution in [0.1, 0.15) is 26.2 Å². The Hall–Kier alpha value is -0.795. The van der Waals surface area contributed by atoms with Crippen molar-refractivity contribution in [3.8, 4) is 0 Å². The Morgan fingerprint density at radius 2 is 2.62 bits per heavy atom. The summed E-state index contributed by atoms with van der Waals surface area (Å²) >= 11 is 0. The molecule has 0 aromatic heterocycles. The third-order valence-corrected chi connectivity index (χ3v) is 2.21. The van der Waals surface area contributed by atoms with E-state index in [2.05, 4.69) is 0 Å². The van der Waals surface area contributed by atoms with Crippen molar-refractivity contribution in [3.05, 3.63) is 11.5 Å². The molecule has 0 amide bonds. The summed E-state index contributed by atoms with van der Waals surface area (Å²) in [4.78, 5) is 11.2. The second-order valence-electron chi connectivity index (χ2n) is 3.11. The van der Waals surface area contributed by atoms with Crippen molar-refractivity contribution < 1.29 is 13.8 Å². The molecule has 0 saturated heterocycles. The molecule has 0 aromatic rings. The zero-order chi connectivity index (χ0) is 9.68. The van der Waals surface area contributed by atoms with E-state index in [1.54, 1.807) is 13.0 Å². The number of carbonyl (C=O) groups is 1. The van der Waals surface area contributed by atoms with Crippen LogP contribution in [0.2, 0.25) is 0 Å².